The first-order chi connectivity index (χ1) is 8.61. The van der Waals surface area contributed by atoms with Gasteiger partial charge in [0.05, 0.1) is 12.7 Å². The van der Waals surface area contributed by atoms with Crippen molar-refractivity contribution in [2.45, 2.75) is 32.5 Å². The lowest BCUT2D eigenvalue weighted by Gasteiger charge is -2.12. The molecule has 4 nitrogen and oxygen atoms in total. The highest BCUT2D eigenvalue weighted by Gasteiger charge is 2.05. The average molecular weight is 254 g/mol. The van der Waals surface area contributed by atoms with Crippen molar-refractivity contribution >= 4 is 0 Å². The Bertz CT molecular complexity index is 321. The van der Waals surface area contributed by atoms with Crippen LogP contribution in [0.4, 0.5) is 0 Å². The smallest absolute Gasteiger partial charge is 0.119 e. The molecule has 1 aromatic rings. The zero-order chi connectivity index (χ0) is 13.4. The van der Waals surface area contributed by atoms with E-state index < -0.39 is 6.10 Å². The van der Waals surface area contributed by atoms with Crippen molar-refractivity contribution in [1.29, 1.82) is 0 Å². The van der Waals surface area contributed by atoms with Crippen LogP contribution in [0.2, 0.25) is 0 Å². The summed E-state index contributed by atoms with van der Waals surface area (Å²) >= 11 is 0. The Labute approximate surface area is 108 Å². The summed E-state index contributed by atoms with van der Waals surface area (Å²) in [6.07, 6.45) is -0.320. The zero-order valence-electron chi connectivity index (χ0n) is 11.0. The van der Waals surface area contributed by atoms with Gasteiger partial charge < -0.3 is 19.7 Å². The number of hydrogen-bond donors (Lipinski definition) is 2. The normalized spacial score (nSPS) is 14.2. The molecule has 2 atom stereocenters. The monoisotopic (exact) mass is 254 g/mol. The quantitative estimate of drug-likeness (QED) is 0.736. The lowest BCUT2D eigenvalue weighted by atomic mass is 10.1. The summed E-state index contributed by atoms with van der Waals surface area (Å²) in [5, 5.41) is 18.8. The molecule has 0 bridgehead atoms. The van der Waals surface area contributed by atoms with Gasteiger partial charge in [0.1, 0.15) is 18.5 Å². The summed E-state index contributed by atoms with van der Waals surface area (Å²) in [6.45, 7) is 4.74. The molecule has 4 heteroatoms. The van der Waals surface area contributed by atoms with E-state index >= 15 is 0 Å². The number of aliphatic hydroxyl groups is 2. The lowest BCUT2D eigenvalue weighted by Crippen LogP contribution is -2.23. The zero-order valence-corrected chi connectivity index (χ0v) is 11.0. The largest absolute Gasteiger partial charge is 0.491 e. The van der Waals surface area contributed by atoms with Gasteiger partial charge in [0, 0.05) is 6.61 Å². The van der Waals surface area contributed by atoms with Crippen LogP contribution in [0.15, 0.2) is 24.3 Å². The summed E-state index contributed by atoms with van der Waals surface area (Å²) in [5.41, 5.74) is 1.06. The van der Waals surface area contributed by atoms with Gasteiger partial charge in [-0.1, -0.05) is 12.1 Å². The Balaban J connectivity index is 2.34. The van der Waals surface area contributed by atoms with Crippen LogP contribution in [0.25, 0.3) is 0 Å². The van der Waals surface area contributed by atoms with E-state index in [-0.39, 0.29) is 19.3 Å². The molecule has 1 rings (SSSR count). The number of rotatable bonds is 8. The Morgan fingerprint density at radius 2 is 1.78 bits per heavy atom. The van der Waals surface area contributed by atoms with Gasteiger partial charge in [0.2, 0.25) is 0 Å². The minimum Gasteiger partial charge on any atom is -0.491 e. The van der Waals surface area contributed by atoms with Crippen LogP contribution in [0.1, 0.15) is 19.4 Å². The predicted molar refractivity (Wildman–Crippen MR) is 69.8 cm³/mol. The van der Waals surface area contributed by atoms with Crippen LogP contribution in [-0.2, 0) is 11.2 Å². The third kappa shape index (κ3) is 6.00. The van der Waals surface area contributed by atoms with Gasteiger partial charge in [-0.2, -0.15) is 0 Å². The SMILES string of the molecule is CCOCC(O)COc1ccc(CC(C)O)cc1. The second-order valence-electron chi connectivity index (χ2n) is 4.32. The molecule has 0 amide bonds. The van der Waals surface area contributed by atoms with Gasteiger partial charge in [-0.3, -0.25) is 0 Å². The molecule has 0 spiro atoms. The Morgan fingerprint density at radius 3 is 2.33 bits per heavy atom. The molecule has 0 aliphatic heterocycles. The number of benzene rings is 1. The Morgan fingerprint density at radius 1 is 1.11 bits per heavy atom. The second kappa shape index (κ2) is 8.08. The van der Waals surface area contributed by atoms with E-state index in [1.165, 1.54) is 0 Å². The maximum Gasteiger partial charge on any atom is 0.119 e. The van der Waals surface area contributed by atoms with Crippen molar-refractivity contribution in [3.05, 3.63) is 29.8 Å². The molecule has 0 aromatic heterocycles. The first kappa shape index (κ1) is 15.0. The van der Waals surface area contributed by atoms with Crippen LogP contribution < -0.4 is 4.74 Å². The van der Waals surface area contributed by atoms with Crippen LogP contribution >= 0.6 is 0 Å². The van der Waals surface area contributed by atoms with Crippen molar-refractivity contribution in [3.63, 3.8) is 0 Å². The van der Waals surface area contributed by atoms with Gasteiger partial charge in [0.25, 0.3) is 0 Å². The molecular weight excluding hydrogens is 232 g/mol. The van der Waals surface area contributed by atoms with Crippen LogP contribution in [0.5, 0.6) is 5.75 Å². The Kier molecular flexibility index (Phi) is 6.72. The van der Waals surface area contributed by atoms with Crippen LogP contribution in [0, 0.1) is 0 Å². The Hall–Kier alpha value is -1.10. The molecule has 0 saturated heterocycles. The average Bonchev–Trinajstić information content (AvgIpc) is 2.35. The fourth-order valence-corrected chi connectivity index (χ4v) is 1.56. The molecule has 2 N–H and O–H groups in total. The molecule has 102 valence electrons. The minimum atomic E-state index is -0.609. The topological polar surface area (TPSA) is 58.9 Å². The summed E-state index contributed by atoms with van der Waals surface area (Å²) in [6, 6.07) is 7.50. The van der Waals surface area contributed by atoms with Gasteiger partial charge in [0.15, 0.2) is 0 Å². The molecule has 0 aliphatic carbocycles. The highest BCUT2D eigenvalue weighted by molar-refractivity contribution is 5.27. The minimum absolute atomic E-state index is 0.218. The van der Waals surface area contributed by atoms with Gasteiger partial charge in [-0.05, 0) is 38.0 Å². The van der Waals surface area contributed by atoms with E-state index in [0.29, 0.717) is 18.8 Å². The molecule has 2 unspecified atom stereocenters. The number of aliphatic hydroxyl groups excluding tert-OH is 2. The van der Waals surface area contributed by atoms with Gasteiger partial charge in [-0.15, -0.1) is 0 Å². The number of ether oxygens (including phenoxy) is 2. The second-order valence-corrected chi connectivity index (χ2v) is 4.32. The maximum absolute atomic E-state index is 9.53. The summed E-state index contributed by atoms with van der Waals surface area (Å²) < 4.78 is 10.5. The third-order valence-corrected chi connectivity index (χ3v) is 2.41. The van der Waals surface area contributed by atoms with Crippen molar-refractivity contribution in [2.24, 2.45) is 0 Å². The molecule has 0 radical (unpaired) electrons. The molecule has 0 heterocycles. The van der Waals surface area contributed by atoms with Crippen molar-refractivity contribution in [1.82, 2.24) is 0 Å². The molecule has 1 aromatic carbocycles. The van der Waals surface area contributed by atoms with Gasteiger partial charge in [-0.25, -0.2) is 0 Å². The summed E-state index contributed by atoms with van der Waals surface area (Å²) in [7, 11) is 0. The predicted octanol–water partition coefficient (Wildman–Crippen LogP) is 1.39. The molecule has 18 heavy (non-hydrogen) atoms. The fraction of sp³-hybridized carbons (Fsp3) is 0.571. The first-order valence-corrected chi connectivity index (χ1v) is 6.27. The van der Waals surface area contributed by atoms with E-state index in [1.807, 2.05) is 31.2 Å². The van der Waals surface area contributed by atoms with Crippen molar-refractivity contribution in [2.75, 3.05) is 19.8 Å². The van der Waals surface area contributed by atoms with E-state index in [0.717, 1.165) is 5.56 Å². The molecule has 0 fully saturated rings. The van der Waals surface area contributed by atoms with Gasteiger partial charge >= 0.3 is 0 Å². The molecule has 0 aliphatic rings. The lowest BCUT2D eigenvalue weighted by molar-refractivity contribution is 0.0164. The van der Waals surface area contributed by atoms with E-state index in [4.69, 9.17) is 9.47 Å². The van der Waals surface area contributed by atoms with E-state index in [2.05, 4.69) is 0 Å². The first-order valence-electron chi connectivity index (χ1n) is 6.27. The highest BCUT2D eigenvalue weighted by Crippen LogP contribution is 2.13. The standard InChI is InChI=1S/C14H22O4/c1-3-17-9-13(16)10-18-14-6-4-12(5-7-14)8-11(2)15/h4-7,11,13,15-16H,3,8-10H2,1-2H3. The van der Waals surface area contributed by atoms with Crippen molar-refractivity contribution in [3.8, 4) is 5.75 Å². The van der Waals surface area contributed by atoms with Crippen LogP contribution in [0.3, 0.4) is 0 Å². The highest BCUT2D eigenvalue weighted by atomic mass is 16.5. The summed E-state index contributed by atoms with van der Waals surface area (Å²) in [5.74, 6) is 0.708. The van der Waals surface area contributed by atoms with E-state index in [9.17, 15) is 10.2 Å². The fourth-order valence-electron chi connectivity index (χ4n) is 1.56. The molecule has 0 saturated carbocycles. The maximum atomic E-state index is 9.53. The summed E-state index contributed by atoms with van der Waals surface area (Å²) in [4.78, 5) is 0. The van der Waals surface area contributed by atoms with Crippen LogP contribution in [-0.4, -0.2) is 42.2 Å². The number of hydrogen-bond acceptors (Lipinski definition) is 4. The molecular formula is C14H22O4. The third-order valence-electron chi connectivity index (χ3n) is 2.41. The van der Waals surface area contributed by atoms with E-state index in [1.54, 1.807) is 6.92 Å². The van der Waals surface area contributed by atoms with Crippen molar-refractivity contribution < 1.29 is 19.7 Å².